The Hall–Kier alpha value is -3.12. The van der Waals surface area contributed by atoms with Crippen LogP contribution in [0, 0.1) is 5.92 Å². The molecule has 0 N–H and O–H groups in total. The lowest BCUT2D eigenvalue weighted by molar-refractivity contribution is -0.133. The summed E-state index contributed by atoms with van der Waals surface area (Å²) in [7, 11) is 1.70. The van der Waals surface area contributed by atoms with Crippen LogP contribution in [-0.2, 0) is 29.0 Å². The lowest BCUT2D eigenvalue weighted by Crippen LogP contribution is -2.35. The number of amides is 1. The number of carbonyl (C=O) groups is 1. The quantitative estimate of drug-likeness (QED) is 0.448. The summed E-state index contributed by atoms with van der Waals surface area (Å²) < 4.78 is 11.3. The third-order valence-corrected chi connectivity index (χ3v) is 6.60. The van der Waals surface area contributed by atoms with Gasteiger partial charge in [0.2, 0.25) is 11.8 Å². The number of nitrogens with zero attached hydrogens (tertiary/aromatic N) is 3. The Kier molecular flexibility index (Phi) is 6.44. The van der Waals surface area contributed by atoms with Crippen molar-refractivity contribution in [1.29, 1.82) is 0 Å². The van der Waals surface area contributed by atoms with Gasteiger partial charge in [0.1, 0.15) is 5.69 Å². The van der Waals surface area contributed by atoms with Gasteiger partial charge in [-0.05, 0) is 36.8 Å². The molecule has 6 nitrogen and oxygen atoms in total. The summed E-state index contributed by atoms with van der Waals surface area (Å²) in [6.45, 7) is 3.46. The van der Waals surface area contributed by atoms with E-state index < -0.39 is 0 Å². The molecule has 5 rings (SSSR count). The summed E-state index contributed by atoms with van der Waals surface area (Å²) in [5, 5.41) is 4.51. The average molecular weight is 446 g/mol. The van der Waals surface area contributed by atoms with E-state index in [1.54, 1.807) is 7.11 Å². The van der Waals surface area contributed by atoms with Gasteiger partial charge in [0.05, 0.1) is 12.1 Å². The highest BCUT2D eigenvalue weighted by atomic mass is 16.5. The highest BCUT2D eigenvalue weighted by Gasteiger charge is 2.35. The molecule has 1 fully saturated rings. The molecule has 3 aromatic rings. The number of fused-ring (bicyclic) bond motifs is 1. The van der Waals surface area contributed by atoms with Crippen molar-refractivity contribution in [1.82, 2.24) is 10.1 Å². The standard InChI is InChI=1S/C27H31N3O3/c1-32-17-7-15-29(26(31)22-12-13-22)19-24-25(21-9-3-2-4-10-21)28-33-27(24)30-16-14-20-8-5-6-11-23(20)18-30/h2-6,8-11,22H,7,12-19H2,1H3. The minimum Gasteiger partial charge on any atom is -0.385 e. The van der Waals surface area contributed by atoms with Crippen molar-refractivity contribution in [3.05, 3.63) is 71.3 Å². The molecule has 1 aliphatic carbocycles. The first kappa shape index (κ1) is 21.7. The average Bonchev–Trinajstić information content (AvgIpc) is 3.63. The van der Waals surface area contributed by atoms with Crippen molar-refractivity contribution in [2.75, 3.05) is 31.7 Å². The van der Waals surface area contributed by atoms with E-state index in [-0.39, 0.29) is 11.8 Å². The van der Waals surface area contributed by atoms with Crippen LogP contribution in [0.5, 0.6) is 0 Å². The Labute approximate surface area is 195 Å². The van der Waals surface area contributed by atoms with Crippen molar-refractivity contribution in [2.24, 2.45) is 5.92 Å². The second-order valence-corrected chi connectivity index (χ2v) is 9.00. The van der Waals surface area contributed by atoms with Gasteiger partial charge in [-0.1, -0.05) is 59.8 Å². The highest BCUT2D eigenvalue weighted by molar-refractivity contribution is 5.81. The van der Waals surface area contributed by atoms with Crippen molar-refractivity contribution in [2.45, 2.75) is 38.8 Å². The summed E-state index contributed by atoms with van der Waals surface area (Å²) in [6, 6.07) is 18.7. The molecular weight excluding hydrogens is 414 g/mol. The number of carbonyl (C=O) groups excluding carboxylic acids is 1. The number of methoxy groups -OCH3 is 1. The maximum Gasteiger partial charge on any atom is 0.233 e. The van der Waals surface area contributed by atoms with Gasteiger partial charge in [-0.25, -0.2) is 0 Å². The molecule has 0 radical (unpaired) electrons. The lowest BCUT2D eigenvalue weighted by Gasteiger charge is -2.30. The molecule has 1 amide bonds. The normalized spacial score (nSPS) is 15.4. The van der Waals surface area contributed by atoms with Crippen LogP contribution in [0.2, 0.25) is 0 Å². The first-order valence-corrected chi connectivity index (χ1v) is 11.9. The second-order valence-electron chi connectivity index (χ2n) is 9.00. The van der Waals surface area contributed by atoms with E-state index in [1.165, 1.54) is 11.1 Å². The van der Waals surface area contributed by atoms with Gasteiger partial charge in [0, 0.05) is 44.8 Å². The minimum absolute atomic E-state index is 0.165. The Morgan fingerprint density at radius 3 is 2.64 bits per heavy atom. The zero-order chi connectivity index (χ0) is 22.6. The summed E-state index contributed by atoms with van der Waals surface area (Å²) >= 11 is 0. The maximum absolute atomic E-state index is 13.1. The SMILES string of the molecule is COCCCN(Cc1c(-c2ccccc2)noc1N1CCc2ccccc2C1)C(=O)C1CC1. The fourth-order valence-corrected chi connectivity index (χ4v) is 4.63. The van der Waals surface area contributed by atoms with Gasteiger partial charge in [0.15, 0.2) is 0 Å². The molecule has 2 heterocycles. The number of rotatable bonds is 9. The van der Waals surface area contributed by atoms with E-state index in [0.29, 0.717) is 19.7 Å². The van der Waals surface area contributed by atoms with E-state index in [9.17, 15) is 4.79 Å². The topological polar surface area (TPSA) is 58.8 Å². The number of hydrogen-bond acceptors (Lipinski definition) is 5. The fourth-order valence-electron chi connectivity index (χ4n) is 4.63. The largest absolute Gasteiger partial charge is 0.385 e. The van der Waals surface area contributed by atoms with E-state index in [1.807, 2.05) is 23.1 Å². The van der Waals surface area contributed by atoms with Gasteiger partial charge >= 0.3 is 0 Å². The van der Waals surface area contributed by atoms with Crippen LogP contribution in [0.25, 0.3) is 11.3 Å². The van der Waals surface area contributed by atoms with Gasteiger partial charge in [-0.2, -0.15) is 0 Å². The van der Waals surface area contributed by atoms with Crippen molar-refractivity contribution >= 4 is 11.8 Å². The molecule has 0 atom stereocenters. The molecule has 2 aliphatic rings. The molecule has 1 aromatic heterocycles. The molecule has 0 unspecified atom stereocenters. The zero-order valence-corrected chi connectivity index (χ0v) is 19.2. The zero-order valence-electron chi connectivity index (χ0n) is 19.2. The summed E-state index contributed by atoms with van der Waals surface area (Å²) in [6.07, 6.45) is 3.76. The second kappa shape index (κ2) is 9.79. The monoisotopic (exact) mass is 445 g/mol. The summed E-state index contributed by atoms with van der Waals surface area (Å²) in [5.74, 6) is 1.18. The number of benzene rings is 2. The predicted molar refractivity (Wildman–Crippen MR) is 128 cm³/mol. The molecule has 1 aliphatic heterocycles. The van der Waals surface area contributed by atoms with E-state index in [0.717, 1.165) is 61.5 Å². The number of aromatic nitrogens is 1. The van der Waals surface area contributed by atoms with E-state index in [4.69, 9.17) is 9.26 Å². The Bertz CT molecular complexity index is 1090. The van der Waals surface area contributed by atoms with Crippen molar-refractivity contribution < 1.29 is 14.1 Å². The smallest absolute Gasteiger partial charge is 0.233 e. The Morgan fingerprint density at radius 2 is 1.88 bits per heavy atom. The minimum atomic E-state index is 0.165. The van der Waals surface area contributed by atoms with Crippen LogP contribution < -0.4 is 4.90 Å². The van der Waals surface area contributed by atoms with Gasteiger partial charge in [-0.3, -0.25) is 4.79 Å². The van der Waals surface area contributed by atoms with Crippen LogP contribution in [0.15, 0.2) is 59.1 Å². The molecule has 2 aromatic carbocycles. The molecule has 0 saturated heterocycles. The van der Waals surface area contributed by atoms with Crippen molar-refractivity contribution in [3.63, 3.8) is 0 Å². The van der Waals surface area contributed by atoms with Crippen LogP contribution in [0.4, 0.5) is 5.88 Å². The third kappa shape index (κ3) is 4.81. The predicted octanol–water partition coefficient (Wildman–Crippen LogP) is 4.68. The van der Waals surface area contributed by atoms with Crippen LogP contribution in [0.3, 0.4) is 0 Å². The number of anilines is 1. The molecule has 0 bridgehead atoms. The van der Waals surface area contributed by atoms with Gasteiger partial charge < -0.3 is 19.1 Å². The summed E-state index contributed by atoms with van der Waals surface area (Å²) in [4.78, 5) is 17.4. The van der Waals surface area contributed by atoms with Gasteiger partial charge in [0.25, 0.3) is 0 Å². The molecule has 33 heavy (non-hydrogen) atoms. The molecule has 0 spiro atoms. The van der Waals surface area contributed by atoms with E-state index >= 15 is 0 Å². The molecule has 6 heteroatoms. The van der Waals surface area contributed by atoms with Crippen LogP contribution in [0.1, 0.15) is 36.0 Å². The lowest BCUT2D eigenvalue weighted by atomic mass is 9.99. The highest BCUT2D eigenvalue weighted by Crippen LogP contribution is 2.37. The molecule has 1 saturated carbocycles. The number of hydrogen-bond donors (Lipinski definition) is 0. The van der Waals surface area contributed by atoms with Crippen LogP contribution in [-0.4, -0.2) is 42.8 Å². The van der Waals surface area contributed by atoms with Gasteiger partial charge in [-0.15, -0.1) is 0 Å². The third-order valence-electron chi connectivity index (χ3n) is 6.60. The Balaban J connectivity index is 1.48. The van der Waals surface area contributed by atoms with Crippen LogP contribution >= 0.6 is 0 Å². The Morgan fingerprint density at radius 1 is 1.12 bits per heavy atom. The maximum atomic E-state index is 13.1. The first-order valence-electron chi connectivity index (χ1n) is 11.9. The van der Waals surface area contributed by atoms with E-state index in [2.05, 4.69) is 46.5 Å². The molecule has 172 valence electrons. The molecular formula is C27H31N3O3. The first-order chi connectivity index (χ1) is 16.2. The number of ether oxygens (including phenoxy) is 1. The fraction of sp³-hybridized carbons (Fsp3) is 0.407. The van der Waals surface area contributed by atoms with Crippen molar-refractivity contribution in [3.8, 4) is 11.3 Å². The summed E-state index contributed by atoms with van der Waals surface area (Å²) in [5.41, 5.74) is 5.54.